The lowest BCUT2D eigenvalue weighted by Crippen LogP contribution is -2.46. The van der Waals surface area contributed by atoms with Gasteiger partial charge in [0.2, 0.25) is 5.91 Å². The Labute approximate surface area is 160 Å². The van der Waals surface area contributed by atoms with Crippen molar-refractivity contribution in [1.29, 1.82) is 0 Å². The molecule has 1 amide bonds. The third-order valence-corrected chi connectivity index (χ3v) is 5.15. The van der Waals surface area contributed by atoms with Gasteiger partial charge in [0.1, 0.15) is 18.0 Å². The smallest absolute Gasteiger partial charge is 0.224 e. The van der Waals surface area contributed by atoms with Gasteiger partial charge in [-0.2, -0.15) is 0 Å². The Bertz CT molecular complexity index is 778. The van der Waals surface area contributed by atoms with Gasteiger partial charge in [-0.25, -0.2) is 14.4 Å². The molecule has 144 valence electrons. The first kappa shape index (κ1) is 19.3. The first-order valence-electron chi connectivity index (χ1n) is 9.57. The molecule has 3 rings (SSSR count). The maximum atomic E-state index is 13.2. The zero-order chi connectivity index (χ0) is 19.4. The molecule has 6 heteroatoms. The molecule has 2 heterocycles. The van der Waals surface area contributed by atoms with Crippen LogP contribution < -0.4 is 4.90 Å². The Kier molecular flexibility index (Phi) is 6.04. The molecule has 0 aliphatic carbocycles. The molecule has 5 nitrogen and oxygen atoms in total. The Balaban J connectivity index is 1.84. The summed E-state index contributed by atoms with van der Waals surface area (Å²) in [5.41, 5.74) is 1.94. The first-order chi connectivity index (χ1) is 13.0. The molecule has 0 radical (unpaired) electrons. The van der Waals surface area contributed by atoms with E-state index in [-0.39, 0.29) is 17.8 Å². The quantitative estimate of drug-likeness (QED) is 0.809. The highest BCUT2D eigenvalue weighted by molar-refractivity contribution is 5.78. The normalized spacial score (nSPS) is 18.1. The predicted octanol–water partition coefficient (Wildman–Crippen LogP) is 3.44. The molecule has 1 fully saturated rings. The van der Waals surface area contributed by atoms with Gasteiger partial charge in [0, 0.05) is 37.8 Å². The summed E-state index contributed by atoms with van der Waals surface area (Å²) in [7, 11) is 0. The number of nitrogens with zero attached hydrogens (tertiary/aromatic N) is 4. The topological polar surface area (TPSA) is 49.3 Å². The third kappa shape index (κ3) is 4.62. The van der Waals surface area contributed by atoms with Crippen molar-refractivity contribution < 1.29 is 9.18 Å². The van der Waals surface area contributed by atoms with Gasteiger partial charge in [0.15, 0.2) is 0 Å². The number of halogens is 1. The third-order valence-electron chi connectivity index (χ3n) is 5.15. The van der Waals surface area contributed by atoms with Crippen LogP contribution in [0.15, 0.2) is 36.7 Å². The number of hydrogen-bond acceptors (Lipinski definition) is 4. The number of aryl methyl sites for hydroxylation is 1. The molecule has 27 heavy (non-hydrogen) atoms. The van der Waals surface area contributed by atoms with E-state index in [9.17, 15) is 9.18 Å². The lowest BCUT2D eigenvalue weighted by atomic mass is 10.0. The lowest BCUT2D eigenvalue weighted by molar-refractivity contribution is -0.134. The van der Waals surface area contributed by atoms with E-state index >= 15 is 0 Å². The van der Waals surface area contributed by atoms with Crippen LogP contribution >= 0.6 is 0 Å². The standard InChI is InChI=1S/C21H27FN4O/c1-4-18-11-20(24-14-23-18)25-10-9-21(27)26(19(13-25)15(2)3)12-16-5-7-17(22)8-6-16/h5-8,11,14-15,19H,4,9-10,12-13H2,1-3H3/t19-/m0/s1. The van der Waals surface area contributed by atoms with E-state index in [0.29, 0.717) is 25.4 Å². The number of anilines is 1. The number of benzene rings is 1. The summed E-state index contributed by atoms with van der Waals surface area (Å²) >= 11 is 0. The molecule has 2 aromatic rings. The minimum atomic E-state index is -0.261. The Morgan fingerprint density at radius 2 is 1.96 bits per heavy atom. The molecule has 0 bridgehead atoms. The van der Waals surface area contributed by atoms with Crippen molar-refractivity contribution in [2.45, 2.75) is 46.2 Å². The van der Waals surface area contributed by atoms with Crippen LogP contribution in [0, 0.1) is 11.7 Å². The van der Waals surface area contributed by atoms with Crippen molar-refractivity contribution in [3.63, 3.8) is 0 Å². The van der Waals surface area contributed by atoms with Gasteiger partial charge in [-0.15, -0.1) is 0 Å². The molecule has 1 aliphatic heterocycles. The number of hydrogen-bond donors (Lipinski definition) is 0. The SMILES string of the molecule is CCc1cc(N2CCC(=O)N(Cc3ccc(F)cc3)[C@H](C(C)C)C2)ncn1. The van der Waals surface area contributed by atoms with Crippen LogP contribution in [0.2, 0.25) is 0 Å². The van der Waals surface area contributed by atoms with E-state index in [1.54, 1.807) is 18.5 Å². The molecular formula is C21H27FN4O. The maximum absolute atomic E-state index is 13.2. The summed E-state index contributed by atoms with van der Waals surface area (Å²) in [5.74, 6) is 1.04. The molecule has 0 unspecified atom stereocenters. The predicted molar refractivity (Wildman–Crippen MR) is 104 cm³/mol. The van der Waals surface area contributed by atoms with Crippen molar-refractivity contribution >= 4 is 11.7 Å². The number of carbonyl (C=O) groups is 1. The van der Waals surface area contributed by atoms with Crippen molar-refractivity contribution in [3.05, 3.63) is 53.7 Å². The number of aromatic nitrogens is 2. The fraction of sp³-hybridized carbons (Fsp3) is 0.476. The van der Waals surface area contributed by atoms with Crippen LogP contribution in [0.4, 0.5) is 10.2 Å². The molecule has 0 spiro atoms. The summed E-state index contributed by atoms with van der Waals surface area (Å²) in [5, 5.41) is 0. The van der Waals surface area contributed by atoms with Crippen LogP contribution in [-0.4, -0.2) is 39.9 Å². The number of rotatable bonds is 5. The van der Waals surface area contributed by atoms with Crippen LogP contribution in [0.1, 0.15) is 38.4 Å². The molecule has 1 atom stereocenters. The Morgan fingerprint density at radius 1 is 1.22 bits per heavy atom. The number of amides is 1. The molecule has 1 aromatic heterocycles. The van der Waals surface area contributed by atoms with Crippen molar-refractivity contribution in [3.8, 4) is 0 Å². The molecule has 0 N–H and O–H groups in total. The molecule has 0 saturated carbocycles. The molecule has 1 aromatic carbocycles. The van der Waals surface area contributed by atoms with Crippen LogP contribution in [0.5, 0.6) is 0 Å². The second-order valence-corrected chi connectivity index (χ2v) is 7.38. The highest BCUT2D eigenvalue weighted by Gasteiger charge is 2.32. The molecular weight excluding hydrogens is 343 g/mol. The highest BCUT2D eigenvalue weighted by atomic mass is 19.1. The van der Waals surface area contributed by atoms with Gasteiger partial charge in [-0.1, -0.05) is 32.9 Å². The zero-order valence-corrected chi connectivity index (χ0v) is 16.2. The van der Waals surface area contributed by atoms with Gasteiger partial charge in [0.25, 0.3) is 0 Å². The van der Waals surface area contributed by atoms with Crippen LogP contribution in [0.25, 0.3) is 0 Å². The zero-order valence-electron chi connectivity index (χ0n) is 16.2. The van der Waals surface area contributed by atoms with E-state index < -0.39 is 0 Å². The van der Waals surface area contributed by atoms with E-state index in [1.165, 1.54) is 12.1 Å². The maximum Gasteiger partial charge on any atom is 0.224 e. The average Bonchev–Trinajstić information content (AvgIpc) is 2.83. The van der Waals surface area contributed by atoms with Gasteiger partial charge >= 0.3 is 0 Å². The van der Waals surface area contributed by atoms with E-state index in [1.807, 2.05) is 11.0 Å². The monoisotopic (exact) mass is 370 g/mol. The van der Waals surface area contributed by atoms with Crippen molar-refractivity contribution in [1.82, 2.24) is 14.9 Å². The van der Waals surface area contributed by atoms with Crippen LogP contribution in [0.3, 0.4) is 0 Å². The summed E-state index contributed by atoms with van der Waals surface area (Å²) < 4.78 is 13.2. The second kappa shape index (κ2) is 8.46. The Hall–Kier alpha value is -2.50. The molecule has 1 aliphatic rings. The average molecular weight is 370 g/mol. The first-order valence-corrected chi connectivity index (χ1v) is 9.57. The van der Waals surface area contributed by atoms with Gasteiger partial charge in [0.05, 0.1) is 6.04 Å². The molecule has 1 saturated heterocycles. The Morgan fingerprint density at radius 3 is 2.63 bits per heavy atom. The number of carbonyl (C=O) groups excluding carboxylic acids is 1. The fourth-order valence-corrected chi connectivity index (χ4v) is 3.50. The van der Waals surface area contributed by atoms with Gasteiger partial charge < -0.3 is 9.80 Å². The van der Waals surface area contributed by atoms with Gasteiger partial charge in [-0.05, 0) is 30.0 Å². The fourth-order valence-electron chi connectivity index (χ4n) is 3.50. The second-order valence-electron chi connectivity index (χ2n) is 7.38. The summed E-state index contributed by atoms with van der Waals surface area (Å²) in [6, 6.07) is 8.46. The van der Waals surface area contributed by atoms with Gasteiger partial charge in [-0.3, -0.25) is 4.79 Å². The summed E-state index contributed by atoms with van der Waals surface area (Å²) in [6.07, 6.45) is 2.89. The lowest BCUT2D eigenvalue weighted by Gasteiger charge is -2.35. The van der Waals surface area contributed by atoms with E-state index in [4.69, 9.17) is 0 Å². The van der Waals surface area contributed by atoms with E-state index in [0.717, 1.165) is 30.0 Å². The van der Waals surface area contributed by atoms with Crippen LogP contribution in [-0.2, 0) is 17.8 Å². The van der Waals surface area contributed by atoms with Crippen molar-refractivity contribution in [2.24, 2.45) is 5.92 Å². The largest absolute Gasteiger partial charge is 0.354 e. The van der Waals surface area contributed by atoms with Crippen molar-refractivity contribution in [2.75, 3.05) is 18.0 Å². The summed E-state index contributed by atoms with van der Waals surface area (Å²) in [4.78, 5) is 25.7. The van der Waals surface area contributed by atoms with E-state index in [2.05, 4.69) is 35.6 Å². The minimum Gasteiger partial charge on any atom is -0.354 e. The minimum absolute atomic E-state index is 0.0603. The highest BCUT2D eigenvalue weighted by Crippen LogP contribution is 2.24. The summed E-state index contributed by atoms with van der Waals surface area (Å²) in [6.45, 7) is 8.21.